The standard InChI is InChI=1S/C26H26O/c1-4-10-21(11-5-1)19-27-20-22-16-17-25(18-22)26(23-12-6-2-7-13-23)24-14-8-3-9-15-24/h1-15,22H,16-20H2. The summed E-state index contributed by atoms with van der Waals surface area (Å²) in [6, 6.07) is 32.1. The van der Waals surface area contributed by atoms with Crippen molar-refractivity contribution in [1.82, 2.24) is 0 Å². The quantitative estimate of drug-likeness (QED) is 0.490. The second-order valence-corrected chi connectivity index (χ2v) is 7.32. The summed E-state index contributed by atoms with van der Waals surface area (Å²) in [4.78, 5) is 0. The first-order chi connectivity index (χ1) is 13.4. The molecule has 1 aliphatic carbocycles. The van der Waals surface area contributed by atoms with Crippen LogP contribution in [0.4, 0.5) is 0 Å². The molecule has 1 unspecified atom stereocenters. The van der Waals surface area contributed by atoms with Gasteiger partial charge in [0.25, 0.3) is 0 Å². The molecule has 0 spiro atoms. The Bertz CT molecular complexity index is 824. The van der Waals surface area contributed by atoms with Gasteiger partial charge >= 0.3 is 0 Å². The van der Waals surface area contributed by atoms with E-state index in [9.17, 15) is 0 Å². The molecular weight excluding hydrogens is 328 g/mol. The van der Waals surface area contributed by atoms with Crippen molar-refractivity contribution in [2.24, 2.45) is 5.92 Å². The Kier molecular flexibility index (Phi) is 5.81. The number of rotatable bonds is 6. The molecule has 1 aliphatic rings. The highest BCUT2D eigenvalue weighted by atomic mass is 16.5. The molecule has 1 heteroatoms. The van der Waals surface area contributed by atoms with Gasteiger partial charge in [-0.3, -0.25) is 0 Å². The molecule has 3 aromatic carbocycles. The number of allylic oxidation sites excluding steroid dienone is 1. The molecule has 0 heterocycles. The van der Waals surface area contributed by atoms with E-state index in [1.807, 2.05) is 6.07 Å². The fourth-order valence-electron chi connectivity index (χ4n) is 4.00. The molecule has 1 fully saturated rings. The lowest BCUT2D eigenvalue weighted by Gasteiger charge is -2.14. The van der Waals surface area contributed by atoms with Crippen molar-refractivity contribution in [2.45, 2.75) is 25.9 Å². The van der Waals surface area contributed by atoms with E-state index >= 15 is 0 Å². The summed E-state index contributed by atoms with van der Waals surface area (Å²) in [5.74, 6) is 0.617. The summed E-state index contributed by atoms with van der Waals surface area (Å²) in [5.41, 5.74) is 6.89. The summed E-state index contributed by atoms with van der Waals surface area (Å²) >= 11 is 0. The zero-order valence-electron chi connectivity index (χ0n) is 15.7. The van der Waals surface area contributed by atoms with Gasteiger partial charge in [0.15, 0.2) is 0 Å². The number of hydrogen-bond acceptors (Lipinski definition) is 1. The van der Waals surface area contributed by atoms with Crippen molar-refractivity contribution in [2.75, 3.05) is 6.61 Å². The van der Waals surface area contributed by atoms with E-state index in [2.05, 4.69) is 84.9 Å². The molecule has 1 nitrogen and oxygen atoms in total. The zero-order chi connectivity index (χ0) is 18.3. The molecule has 27 heavy (non-hydrogen) atoms. The van der Waals surface area contributed by atoms with Crippen molar-refractivity contribution in [1.29, 1.82) is 0 Å². The van der Waals surface area contributed by atoms with Crippen LogP contribution < -0.4 is 0 Å². The van der Waals surface area contributed by atoms with Crippen molar-refractivity contribution < 1.29 is 4.74 Å². The van der Waals surface area contributed by atoms with Crippen molar-refractivity contribution in [3.05, 3.63) is 113 Å². The monoisotopic (exact) mass is 354 g/mol. The third kappa shape index (κ3) is 4.56. The molecule has 0 N–H and O–H groups in total. The highest BCUT2D eigenvalue weighted by Crippen LogP contribution is 2.38. The first-order valence-electron chi connectivity index (χ1n) is 9.84. The summed E-state index contributed by atoms with van der Waals surface area (Å²) in [6.45, 7) is 1.55. The second-order valence-electron chi connectivity index (χ2n) is 7.32. The predicted molar refractivity (Wildman–Crippen MR) is 112 cm³/mol. The van der Waals surface area contributed by atoms with Crippen LogP contribution in [0.3, 0.4) is 0 Å². The van der Waals surface area contributed by atoms with Crippen LogP contribution in [-0.4, -0.2) is 6.61 Å². The van der Waals surface area contributed by atoms with E-state index in [1.165, 1.54) is 35.1 Å². The summed E-state index contributed by atoms with van der Waals surface area (Å²) < 4.78 is 6.02. The van der Waals surface area contributed by atoms with Crippen LogP contribution in [0.2, 0.25) is 0 Å². The van der Waals surface area contributed by atoms with Crippen molar-refractivity contribution in [3.8, 4) is 0 Å². The fourth-order valence-corrected chi connectivity index (χ4v) is 4.00. The lowest BCUT2D eigenvalue weighted by atomic mass is 9.92. The van der Waals surface area contributed by atoms with Crippen LogP contribution in [-0.2, 0) is 11.3 Å². The molecule has 4 rings (SSSR count). The SMILES string of the molecule is c1ccc(COCC2CCC(=C(c3ccccc3)c3ccccc3)C2)cc1. The van der Waals surface area contributed by atoms with Gasteiger partial charge in [-0.1, -0.05) is 96.6 Å². The van der Waals surface area contributed by atoms with Gasteiger partial charge in [-0.15, -0.1) is 0 Å². The average Bonchev–Trinajstić information content (AvgIpc) is 3.19. The molecule has 1 atom stereocenters. The molecule has 0 bridgehead atoms. The third-order valence-corrected chi connectivity index (χ3v) is 5.33. The highest BCUT2D eigenvalue weighted by Gasteiger charge is 2.23. The normalized spacial score (nSPS) is 16.4. The minimum absolute atomic E-state index is 0.617. The van der Waals surface area contributed by atoms with Gasteiger partial charge in [0.05, 0.1) is 13.2 Å². The molecule has 3 aromatic rings. The largest absolute Gasteiger partial charge is 0.376 e. The number of hydrogen-bond donors (Lipinski definition) is 0. The smallest absolute Gasteiger partial charge is 0.0717 e. The molecule has 0 aromatic heterocycles. The molecule has 1 saturated carbocycles. The van der Waals surface area contributed by atoms with E-state index in [4.69, 9.17) is 4.74 Å². The van der Waals surface area contributed by atoms with Gasteiger partial charge in [0.1, 0.15) is 0 Å². The van der Waals surface area contributed by atoms with Crippen molar-refractivity contribution in [3.63, 3.8) is 0 Å². The van der Waals surface area contributed by atoms with Crippen molar-refractivity contribution >= 4 is 5.57 Å². The Hall–Kier alpha value is -2.64. The minimum atomic E-state index is 0.617. The molecular formula is C26H26O. The van der Waals surface area contributed by atoms with Gasteiger partial charge in [0.2, 0.25) is 0 Å². The molecule has 0 radical (unpaired) electrons. The predicted octanol–water partition coefficient (Wildman–Crippen LogP) is 6.51. The van der Waals surface area contributed by atoms with E-state index < -0.39 is 0 Å². The van der Waals surface area contributed by atoms with E-state index in [-0.39, 0.29) is 0 Å². The van der Waals surface area contributed by atoms with Gasteiger partial charge in [0, 0.05) is 0 Å². The van der Waals surface area contributed by atoms with E-state index in [0.717, 1.165) is 13.0 Å². The minimum Gasteiger partial charge on any atom is -0.376 e. The lowest BCUT2D eigenvalue weighted by molar-refractivity contribution is 0.0897. The second kappa shape index (κ2) is 8.83. The Morgan fingerprint density at radius 1 is 0.741 bits per heavy atom. The Balaban J connectivity index is 1.48. The van der Waals surface area contributed by atoms with Crippen LogP contribution in [0.25, 0.3) is 5.57 Å². The maximum Gasteiger partial charge on any atom is 0.0717 e. The van der Waals surface area contributed by atoms with Crippen LogP contribution in [0.15, 0.2) is 96.6 Å². The molecule has 0 amide bonds. The Labute approximate surface area is 162 Å². The zero-order valence-corrected chi connectivity index (χ0v) is 15.7. The van der Waals surface area contributed by atoms with Gasteiger partial charge in [-0.25, -0.2) is 0 Å². The maximum absolute atomic E-state index is 6.02. The highest BCUT2D eigenvalue weighted by molar-refractivity contribution is 5.82. The first-order valence-corrected chi connectivity index (χ1v) is 9.84. The van der Waals surface area contributed by atoms with Crippen LogP contribution in [0, 0.1) is 5.92 Å². The maximum atomic E-state index is 6.02. The Morgan fingerprint density at radius 3 is 1.89 bits per heavy atom. The summed E-state index contributed by atoms with van der Waals surface area (Å²) in [6.07, 6.45) is 3.51. The summed E-state index contributed by atoms with van der Waals surface area (Å²) in [5, 5.41) is 0. The molecule has 0 aliphatic heterocycles. The fraction of sp³-hybridized carbons (Fsp3) is 0.231. The average molecular weight is 354 g/mol. The lowest BCUT2D eigenvalue weighted by Crippen LogP contribution is -2.05. The molecule has 136 valence electrons. The van der Waals surface area contributed by atoms with E-state index in [0.29, 0.717) is 12.5 Å². The third-order valence-electron chi connectivity index (χ3n) is 5.33. The molecule has 0 saturated heterocycles. The summed E-state index contributed by atoms with van der Waals surface area (Å²) in [7, 11) is 0. The topological polar surface area (TPSA) is 9.23 Å². The number of benzene rings is 3. The van der Waals surface area contributed by atoms with Gasteiger partial charge < -0.3 is 4.74 Å². The number of ether oxygens (including phenoxy) is 1. The first kappa shape index (κ1) is 17.8. The van der Waals surface area contributed by atoms with Gasteiger partial charge in [-0.05, 0) is 47.4 Å². The van der Waals surface area contributed by atoms with Crippen LogP contribution >= 0.6 is 0 Å². The van der Waals surface area contributed by atoms with Gasteiger partial charge in [-0.2, -0.15) is 0 Å². The van der Waals surface area contributed by atoms with E-state index in [1.54, 1.807) is 5.57 Å². The van der Waals surface area contributed by atoms with Crippen LogP contribution in [0.5, 0.6) is 0 Å². The Morgan fingerprint density at radius 2 is 1.30 bits per heavy atom. The van der Waals surface area contributed by atoms with Crippen LogP contribution in [0.1, 0.15) is 36.0 Å².